The highest BCUT2D eigenvalue weighted by Crippen LogP contribution is 2.57. The predicted molar refractivity (Wildman–Crippen MR) is 148 cm³/mol. The summed E-state index contributed by atoms with van der Waals surface area (Å²) >= 11 is 0. The third kappa shape index (κ3) is 5.50. The minimum atomic E-state index is -0.948. The average Bonchev–Trinajstić information content (AvgIpc) is 3.48. The quantitative estimate of drug-likeness (QED) is 0.302. The van der Waals surface area contributed by atoms with E-state index in [1.54, 1.807) is 31.8 Å². The molecule has 0 aromatic carbocycles. The molecule has 12 nitrogen and oxygen atoms in total. The van der Waals surface area contributed by atoms with Crippen LogP contribution in [0.3, 0.4) is 0 Å². The fraction of sp³-hybridized carbons (Fsp3) is 0.586. The molecular weight excluding hydrogens is 528 g/mol. The molecule has 0 unspecified atom stereocenters. The van der Waals surface area contributed by atoms with Crippen molar-refractivity contribution in [1.29, 1.82) is 0 Å². The van der Waals surface area contributed by atoms with Gasteiger partial charge in [-0.2, -0.15) is 10.2 Å². The Morgan fingerprint density at radius 2 is 1.88 bits per heavy atom. The third-order valence-electron chi connectivity index (χ3n) is 8.33. The van der Waals surface area contributed by atoms with Gasteiger partial charge >= 0.3 is 0 Å². The average molecular weight is 567 g/mol. The summed E-state index contributed by atoms with van der Waals surface area (Å²) in [4.78, 5) is 25.1. The zero-order chi connectivity index (χ0) is 28.9. The van der Waals surface area contributed by atoms with Crippen LogP contribution in [0.1, 0.15) is 84.7 Å². The maximum atomic E-state index is 13.3. The van der Waals surface area contributed by atoms with Crippen LogP contribution < -0.4 is 20.5 Å². The molecule has 0 atom stereocenters. The van der Waals surface area contributed by atoms with Gasteiger partial charge in [-0.3, -0.25) is 9.59 Å². The lowest BCUT2D eigenvalue weighted by molar-refractivity contribution is -0.0863. The topological polar surface area (TPSA) is 155 Å². The Hall–Kier alpha value is -3.64. The molecule has 3 fully saturated rings. The van der Waals surface area contributed by atoms with Crippen molar-refractivity contribution >= 4 is 17.3 Å². The van der Waals surface area contributed by atoms with Crippen LogP contribution in [0.4, 0.5) is 0 Å². The van der Waals surface area contributed by atoms with Gasteiger partial charge in [0.1, 0.15) is 24.0 Å². The van der Waals surface area contributed by atoms with Gasteiger partial charge in [-0.1, -0.05) is 0 Å². The first-order chi connectivity index (χ1) is 19.6. The Morgan fingerprint density at radius 1 is 1.15 bits per heavy atom. The van der Waals surface area contributed by atoms with Crippen LogP contribution in [-0.4, -0.2) is 74.4 Å². The van der Waals surface area contributed by atoms with E-state index in [2.05, 4.69) is 15.5 Å². The number of carbonyl (C=O) groups is 2. The Morgan fingerprint density at radius 3 is 2.54 bits per heavy atom. The number of nitrogens with two attached hydrogens (primary N) is 1. The largest absolute Gasteiger partial charge is 0.489 e. The smallest absolute Gasteiger partial charge is 0.255 e. The molecule has 0 bridgehead atoms. The normalized spacial score (nSPS) is 23.7. The summed E-state index contributed by atoms with van der Waals surface area (Å²) in [6.07, 6.45) is 8.59. The Bertz CT molecular complexity index is 1450. The molecule has 41 heavy (non-hydrogen) atoms. The molecule has 3 aliphatic rings. The Kier molecular flexibility index (Phi) is 6.93. The van der Waals surface area contributed by atoms with Crippen LogP contribution in [0.25, 0.3) is 5.52 Å². The summed E-state index contributed by atoms with van der Waals surface area (Å²) in [6, 6.07) is 3.83. The van der Waals surface area contributed by atoms with E-state index in [0.717, 1.165) is 49.7 Å². The minimum Gasteiger partial charge on any atom is -0.489 e. The molecule has 1 spiro atoms. The van der Waals surface area contributed by atoms with E-state index in [1.807, 2.05) is 16.6 Å². The van der Waals surface area contributed by atoms with Gasteiger partial charge < -0.3 is 30.4 Å². The molecule has 0 saturated heterocycles. The number of methoxy groups -OCH3 is 1. The summed E-state index contributed by atoms with van der Waals surface area (Å²) in [7, 11) is 1.60. The van der Waals surface area contributed by atoms with Crippen LogP contribution in [0.5, 0.6) is 11.6 Å². The van der Waals surface area contributed by atoms with E-state index in [-0.39, 0.29) is 35.6 Å². The second-order valence-electron chi connectivity index (χ2n) is 12.5. The van der Waals surface area contributed by atoms with E-state index >= 15 is 0 Å². The van der Waals surface area contributed by atoms with Crippen molar-refractivity contribution in [2.24, 2.45) is 11.1 Å². The molecular formula is C29H38N6O6. The van der Waals surface area contributed by atoms with Gasteiger partial charge in [-0.05, 0) is 69.9 Å². The maximum Gasteiger partial charge on any atom is 0.255 e. The molecule has 0 radical (unpaired) electrons. The summed E-state index contributed by atoms with van der Waals surface area (Å²) in [5.41, 5.74) is 7.23. The van der Waals surface area contributed by atoms with Crippen LogP contribution >= 0.6 is 0 Å². The summed E-state index contributed by atoms with van der Waals surface area (Å²) < 4.78 is 20.7. The highest BCUT2D eigenvalue weighted by molar-refractivity contribution is 6.01. The van der Waals surface area contributed by atoms with Crippen LogP contribution in [0.15, 0.2) is 24.5 Å². The van der Waals surface area contributed by atoms with Gasteiger partial charge in [-0.15, -0.1) is 0 Å². The number of aromatic nitrogens is 4. The SMILES string of the molecule is COCCn1ncc(C(N)=O)c1OC1CC2(CC(NC(=O)c3cnn4c(C5CC5)c(OCC(C)(C)O)ccc34)C2)C1. The lowest BCUT2D eigenvalue weighted by atomic mass is 9.53. The molecule has 220 valence electrons. The van der Waals surface area contributed by atoms with Gasteiger partial charge in [0, 0.05) is 19.1 Å². The van der Waals surface area contributed by atoms with Crippen molar-refractivity contribution in [2.45, 2.75) is 82.6 Å². The van der Waals surface area contributed by atoms with Crippen molar-refractivity contribution in [3.05, 3.63) is 41.3 Å². The number of rotatable bonds is 12. The van der Waals surface area contributed by atoms with Crippen molar-refractivity contribution in [1.82, 2.24) is 24.7 Å². The standard InChI is InChI=1S/C29H38N6O6/c1-28(2,38)16-40-23-7-6-22-20(14-32-35(22)24(23)17-4-5-17)26(37)33-18-10-29(11-18)12-19(13-29)41-27-21(25(30)36)15-31-34(27)8-9-39-3/h6-7,14-15,17-19,38H,4-5,8-13,16H2,1-3H3,(H2,30,36)(H,33,37). The molecule has 0 aliphatic heterocycles. The molecule has 12 heteroatoms. The molecule has 2 amide bonds. The first kappa shape index (κ1) is 27.5. The number of nitrogens with zero attached hydrogens (tertiary/aromatic N) is 4. The van der Waals surface area contributed by atoms with Crippen LogP contribution in [0, 0.1) is 5.41 Å². The molecule has 3 aromatic rings. The zero-order valence-corrected chi connectivity index (χ0v) is 23.8. The fourth-order valence-corrected chi connectivity index (χ4v) is 6.17. The van der Waals surface area contributed by atoms with Gasteiger partial charge in [0.2, 0.25) is 5.88 Å². The first-order valence-corrected chi connectivity index (χ1v) is 14.2. The number of amides is 2. The van der Waals surface area contributed by atoms with Crippen LogP contribution in [0.2, 0.25) is 0 Å². The molecule has 3 aliphatic carbocycles. The highest BCUT2D eigenvalue weighted by atomic mass is 16.5. The second-order valence-corrected chi connectivity index (χ2v) is 12.5. The third-order valence-corrected chi connectivity index (χ3v) is 8.33. The number of carbonyl (C=O) groups excluding carboxylic acids is 2. The number of hydrogen-bond acceptors (Lipinski definition) is 8. The molecule has 3 heterocycles. The van der Waals surface area contributed by atoms with Gasteiger partial charge in [0.05, 0.1) is 47.9 Å². The number of aliphatic hydroxyl groups is 1. The first-order valence-electron chi connectivity index (χ1n) is 14.2. The van der Waals surface area contributed by atoms with E-state index in [0.29, 0.717) is 36.3 Å². The summed E-state index contributed by atoms with van der Waals surface area (Å²) in [5.74, 6) is 0.727. The van der Waals surface area contributed by atoms with Crippen LogP contribution in [-0.2, 0) is 11.3 Å². The van der Waals surface area contributed by atoms with Gasteiger partial charge in [-0.25, -0.2) is 9.20 Å². The summed E-state index contributed by atoms with van der Waals surface area (Å²) in [6.45, 7) is 4.50. The minimum absolute atomic E-state index is 0.0315. The Labute approximate surface area is 238 Å². The number of ether oxygens (including phenoxy) is 3. The molecule has 3 saturated carbocycles. The number of hydrogen-bond donors (Lipinski definition) is 3. The van der Waals surface area contributed by atoms with Crippen molar-refractivity contribution in [3.8, 4) is 11.6 Å². The molecule has 4 N–H and O–H groups in total. The maximum absolute atomic E-state index is 13.3. The zero-order valence-electron chi connectivity index (χ0n) is 23.8. The molecule has 6 rings (SSSR count). The number of pyridine rings is 1. The van der Waals surface area contributed by atoms with Crippen molar-refractivity contribution < 1.29 is 28.9 Å². The monoisotopic (exact) mass is 566 g/mol. The van der Waals surface area contributed by atoms with E-state index in [1.165, 1.54) is 6.20 Å². The lowest BCUT2D eigenvalue weighted by Gasteiger charge is -2.57. The number of nitrogens with one attached hydrogen (secondary N) is 1. The number of primary amides is 1. The van der Waals surface area contributed by atoms with E-state index in [4.69, 9.17) is 19.9 Å². The highest BCUT2D eigenvalue weighted by Gasteiger charge is 2.54. The van der Waals surface area contributed by atoms with Gasteiger partial charge in [0.15, 0.2) is 0 Å². The summed E-state index contributed by atoms with van der Waals surface area (Å²) in [5, 5.41) is 22.1. The fourth-order valence-electron chi connectivity index (χ4n) is 6.17. The second kappa shape index (κ2) is 10.3. The molecule has 3 aromatic heterocycles. The number of fused-ring (bicyclic) bond motifs is 1. The lowest BCUT2D eigenvalue weighted by Crippen LogP contribution is -2.58. The van der Waals surface area contributed by atoms with E-state index < -0.39 is 11.5 Å². The predicted octanol–water partition coefficient (Wildman–Crippen LogP) is 2.42. The van der Waals surface area contributed by atoms with Gasteiger partial charge in [0.25, 0.3) is 11.8 Å². The van der Waals surface area contributed by atoms with E-state index in [9.17, 15) is 14.7 Å². The van der Waals surface area contributed by atoms with Crippen molar-refractivity contribution in [3.63, 3.8) is 0 Å². The Balaban J connectivity index is 1.06. The van der Waals surface area contributed by atoms with Crippen molar-refractivity contribution in [2.75, 3.05) is 20.3 Å².